The third-order valence-corrected chi connectivity index (χ3v) is 5.84. The number of hydrogen-bond donors (Lipinski definition) is 1. The summed E-state index contributed by atoms with van der Waals surface area (Å²) in [5.41, 5.74) is 5.26. The predicted molar refractivity (Wildman–Crippen MR) is 102 cm³/mol. The van der Waals surface area contributed by atoms with Crippen LogP contribution in [0.25, 0.3) is 0 Å². The first-order valence-electron chi connectivity index (χ1n) is 7.63. The molecule has 22 heavy (non-hydrogen) atoms. The van der Waals surface area contributed by atoms with Gasteiger partial charge in [0.15, 0.2) is 0 Å². The van der Waals surface area contributed by atoms with Crippen LogP contribution < -0.4 is 5.32 Å². The molecule has 112 valence electrons. The van der Waals surface area contributed by atoms with Gasteiger partial charge < -0.3 is 5.32 Å². The first-order chi connectivity index (χ1) is 10.6. The zero-order valence-electron chi connectivity index (χ0n) is 12.3. The van der Waals surface area contributed by atoms with Crippen LogP contribution in [0.5, 0.6) is 0 Å². The summed E-state index contributed by atoms with van der Waals surface area (Å²) in [6.07, 6.45) is 5.81. The van der Waals surface area contributed by atoms with Gasteiger partial charge in [-0.15, -0.1) is 0 Å². The Morgan fingerprint density at radius 3 is 2.82 bits per heavy atom. The predicted octanol–water partition coefficient (Wildman–Crippen LogP) is 6.08. The van der Waals surface area contributed by atoms with Crippen molar-refractivity contribution >= 4 is 39.9 Å². The number of allylic oxidation sites excluding steroid dienone is 2. The summed E-state index contributed by atoms with van der Waals surface area (Å²) in [5.74, 6) is 1.04. The van der Waals surface area contributed by atoms with Crippen molar-refractivity contribution < 1.29 is 0 Å². The molecule has 2 aliphatic rings. The van der Waals surface area contributed by atoms with Gasteiger partial charge in [0.05, 0.1) is 6.04 Å². The topological polar surface area (TPSA) is 12.0 Å². The molecule has 3 atom stereocenters. The van der Waals surface area contributed by atoms with Crippen LogP contribution in [0.2, 0.25) is 5.02 Å². The molecular weight excluding hydrogens is 405 g/mol. The molecule has 1 aliphatic heterocycles. The Hall–Kier alpha value is -1.00. The Labute approximate surface area is 149 Å². The average Bonchev–Trinajstić information content (AvgIpc) is 2.97. The molecule has 0 fully saturated rings. The minimum absolute atomic E-state index is 0.278. The number of rotatable bonds is 1. The highest BCUT2D eigenvalue weighted by Gasteiger charge is 2.39. The minimum atomic E-state index is 0.278. The van der Waals surface area contributed by atoms with Crippen LogP contribution in [0, 0.1) is 16.4 Å². The summed E-state index contributed by atoms with van der Waals surface area (Å²) in [7, 11) is 0. The molecule has 2 aromatic carbocycles. The Morgan fingerprint density at radius 1 is 1.18 bits per heavy atom. The van der Waals surface area contributed by atoms with E-state index in [0.717, 1.165) is 11.4 Å². The summed E-state index contributed by atoms with van der Waals surface area (Å²) < 4.78 is 1.31. The van der Waals surface area contributed by atoms with E-state index in [9.17, 15) is 0 Å². The lowest BCUT2D eigenvalue weighted by molar-refractivity contribution is 0.425. The second-order valence-corrected chi connectivity index (χ2v) is 7.84. The third-order valence-electron chi connectivity index (χ3n) is 4.87. The van der Waals surface area contributed by atoms with Gasteiger partial charge in [-0.1, -0.05) is 42.0 Å². The summed E-state index contributed by atoms with van der Waals surface area (Å²) in [4.78, 5) is 0. The van der Waals surface area contributed by atoms with E-state index in [-0.39, 0.29) is 6.04 Å². The lowest BCUT2D eigenvalue weighted by atomic mass is 9.76. The van der Waals surface area contributed by atoms with E-state index in [1.807, 2.05) is 12.1 Å². The van der Waals surface area contributed by atoms with Crippen molar-refractivity contribution in [1.82, 2.24) is 0 Å². The normalized spacial score (nSPS) is 25.5. The van der Waals surface area contributed by atoms with E-state index in [2.05, 4.69) is 71.2 Å². The van der Waals surface area contributed by atoms with Crippen molar-refractivity contribution in [3.8, 4) is 0 Å². The van der Waals surface area contributed by atoms with Gasteiger partial charge in [-0.25, -0.2) is 0 Å². The molecule has 0 saturated heterocycles. The lowest BCUT2D eigenvalue weighted by Gasteiger charge is -2.38. The van der Waals surface area contributed by atoms with Crippen LogP contribution in [-0.2, 0) is 0 Å². The SMILES string of the molecule is Cc1cc(I)cc2c1N[C@H](c1ccccc1Cl)[C@H]1CC=C[C@@H]21. The van der Waals surface area contributed by atoms with E-state index in [1.165, 1.54) is 25.9 Å². The van der Waals surface area contributed by atoms with Crippen LogP contribution >= 0.6 is 34.2 Å². The first-order valence-corrected chi connectivity index (χ1v) is 9.08. The van der Waals surface area contributed by atoms with Gasteiger partial charge in [-0.2, -0.15) is 0 Å². The summed E-state index contributed by atoms with van der Waals surface area (Å²) >= 11 is 8.89. The number of nitrogens with one attached hydrogen (secondary N) is 1. The lowest BCUT2D eigenvalue weighted by Crippen LogP contribution is -2.29. The van der Waals surface area contributed by atoms with Gasteiger partial charge in [0.25, 0.3) is 0 Å². The first kappa shape index (κ1) is 14.6. The van der Waals surface area contributed by atoms with Gasteiger partial charge in [0, 0.05) is 20.2 Å². The van der Waals surface area contributed by atoms with E-state index >= 15 is 0 Å². The Bertz CT molecular complexity index is 768. The minimum Gasteiger partial charge on any atom is -0.377 e. The van der Waals surface area contributed by atoms with E-state index in [0.29, 0.717) is 11.8 Å². The Balaban J connectivity index is 1.86. The zero-order chi connectivity index (χ0) is 15.3. The fraction of sp³-hybridized carbons (Fsp3) is 0.263. The molecule has 0 radical (unpaired) electrons. The zero-order valence-corrected chi connectivity index (χ0v) is 15.2. The smallest absolute Gasteiger partial charge is 0.0568 e. The van der Waals surface area contributed by atoms with Crippen LogP contribution in [0.4, 0.5) is 5.69 Å². The van der Waals surface area contributed by atoms with Crippen LogP contribution in [-0.4, -0.2) is 0 Å². The van der Waals surface area contributed by atoms with Gasteiger partial charge in [-0.05, 0) is 76.7 Å². The number of anilines is 1. The molecule has 2 aromatic rings. The van der Waals surface area contributed by atoms with Crippen molar-refractivity contribution in [2.75, 3.05) is 5.32 Å². The van der Waals surface area contributed by atoms with Crippen molar-refractivity contribution in [2.45, 2.75) is 25.3 Å². The third kappa shape index (κ3) is 2.28. The second kappa shape index (κ2) is 5.57. The maximum absolute atomic E-state index is 6.48. The van der Waals surface area contributed by atoms with Crippen LogP contribution in [0.3, 0.4) is 0 Å². The van der Waals surface area contributed by atoms with Crippen molar-refractivity contribution in [3.63, 3.8) is 0 Å². The fourth-order valence-corrected chi connectivity index (χ4v) is 4.93. The summed E-state index contributed by atoms with van der Waals surface area (Å²) in [6, 6.07) is 13.1. The van der Waals surface area contributed by atoms with Crippen molar-refractivity contribution in [2.24, 2.45) is 5.92 Å². The Kier molecular flexibility index (Phi) is 3.69. The average molecular weight is 422 g/mol. The summed E-state index contributed by atoms with van der Waals surface area (Å²) in [6.45, 7) is 2.19. The largest absolute Gasteiger partial charge is 0.377 e. The number of benzene rings is 2. The second-order valence-electron chi connectivity index (χ2n) is 6.18. The molecule has 0 unspecified atom stereocenters. The fourth-order valence-electron chi connectivity index (χ4n) is 3.88. The standard InChI is InChI=1S/C19H17ClIN/c1-11-9-12(21)10-16-13-6-4-7-14(13)19(22-18(11)16)15-5-2-3-8-17(15)20/h2-6,8-10,13-14,19,22H,7H2,1H3/t13-,14+,19+/m1/s1. The van der Waals surface area contributed by atoms with E-state index in [1.54, 1.807) is 0 Å². The molecule has 0 amide bonds. The number of hydrogen-bond acceptors (Lipinski definition) is 1. The number of halogens is 2. The molecule has 0 bridgehead atoms. The molecule has 0 saturated carbocycles. The highest BCUT2D eigenvalue weighted by molar-refractivity contribution is 14.1. The molecular formula is C19H17ClIN. The van der Waals surface area contributed by atoms with E-state index in [4.69, 9.17) is 11.6 Å². The number of fused-ring (bicyclic) bond motifs is 3. The monoisotopic (exact) mass is 421 g/mol. The van der Waals surface area contributed by atoms with Crippen molar-refractivity contribution in [3.05, 3.63) is 73.8 Å². The highest BCUT2D eigenvalue weighted by Crippen LogP contribution is 2.51. The quantitative estimate of drug-likeness (QED) is 0.435. The molecule has 4 rings (SSSR count). The van der Waals surface area contributed by atoms with Crippen LogP contribution in [0.15, 0.2) is 48.6 Å². The number of aryl methyl sites for hydroxylation is 1. The van der Waals surface area contributed by atoms with Gasteiger partial charge >= 0.3 is 0 Å². The van der Waals surface area contributed by atoms with Gasteiger partial charge in [0.2, 0.25) is 0 Å². The molecule has 1 nitrogen and oxygen atoms in total. The van der Waals surface area contributed by atoms with Crippen molar-refractivity contribution in [1.29, 1.82) is 0 Å². The highest BCUT2D eigenvalue weighted by atomic mass is 127. The molecule has 0 aromatic heterocycles. The van der Waals surface area contributed by atoms with Crippen LogP contribution in [0.1, 0.15) is 35.1 Å². The molecule has 0 spiro atoms. The maximum Gasteiger partial charge on any atom is 0.0568 e. The summed E-state index contributed by atoms with van der Waals surface area (Å²) in [5, 5.41) is 4.65. The molecule has 1 aliphatic carbocycles. The molecule has 3 heteroatoms. The Morgan fingerprint density at radius 2 is 2.00 bits per heavy atom. The maximum atomic E-state index is 6.48. The molecule has 1 heterocycles. The van der Waals surface area contributed by atoms with Gasteiger partial charge in [-0.3, -0.25) is 0 Å². The van der Waals surface area contributed by atoms with E-state index < -0.39 is 0 Å². The molecule has 1 N–H and O–H groups in total. The van der Waals surface area contributed by atoms with Gasteiger partial charge in [0.1, 0.15) is 0 Å².